The molecule has 10 aromatic carbocycles. The van der Waals surface area contributed by atoms with Crippen LogP contribution in [0.5, 0.6) is 0 Å². The SMILES string of the molecule is CC1(C)c2ccc3cc2-c2cc(ccc21)N(c1ccc2c4ccccc4n(-c4cccc5ccccc45)c2c1)c1cccc(c1)-c1cccc(c1)N3c1ccc2ccccc2c1. The minimum Gasteiger partial charge on any atom is -0.310 e. The van der Waals surface area contributed by atoms with Gasteiger partial charge in [0.15, 0.2) is 0 Å². The predicted octanol–water partition coefficient (Wildman–Crippen LogP) is 16.3. The summed E-state index contributed by atoms with van der Waals surface area (Å²) in [6, 6.07) is 79.1. The van der Waals surface area contributed by atoms with Crippen LogP contribution < -0.4 is 9.80 Å². The Labute approximate surface area is 361 Å². The van der Waals surface area contributed by atoms with Crippen LogP contribution in [-0.2, 0) is 5.41 Å². The van der Waals surface area contributed by atoms with Gasteiger partial charge in [0.05, 0.1) is 16.7 Å². The third-order valence-corrected chi connectivity index (χ3v) is 13.6. The highest BCUT2D eigenvalue weighted by molar-refractivity contribution is 6.12. The van der Waals surface area contributed by atoms with E-state index in [1.807, 2.05) is 0 Å². The van der Waals surface area contributed by atoms with E-state index in [4.69, 9.17) is 0 Å². The molecule has 292 valence electrons. The van der Waals surface area contributed by atoms with Gasteiger partial charge in [0, 0.05) is 55.7 Å². The molecule has 2 aliphatic rings. The first kappa shape index (κ1) is 34.9. The fraction of sp³-hybridized carbons (Fsp3) is 0.0508. The topological polar surface area (TPSA) is 11.4 Å². The van der Waals surface area contributed by atoms with Crippen molar-refractivity contribution in [2.75, 3.05) is 9.80 Å². The third-order valence-electron chi connectivity index (χ3n) is 13.6. The minimum atomic E-state index is -0.160. The quantitative estimate of drug-likeness (QED) is 0.177. The zero-order valence-electron chi connectivity index (χ0n) is 34.5. The molecule has 3 heteroatoms. The van der Waals surface area contributed by atoms with Crippen LogP contribution in [0.3, 0.4) is 0 Å². The zero-order valence-corrected chi connectivity index (χ0v) is 34.5. The van der Waals surface area contributed by atoms with E-state index in [1.165, 1.54) is 71.3 Å². The molecule has 3 nitrogen and oxygen atoms in total. The van der Waals surface area contributed by atoms with E-state index in [0.29, 0.717) is 0 Å². The Kier molecular flexibility index (Phi) is 7.36. The number of hydrogen-bond donors (Lipinski definition) is 0. The summed E-state index contributed by atoms with van der Waals surface area (Å²) in [4.78, 5) is 4.89. The molecule has 1 aromatic heterocycles. The van der Waals surface area contributed by atoms with Gasteiger partial charge in [-0.2, -0.15) is 0 Å². The summed E-state index contributed by atoms with van der Waals surface area (Å²) in [6.07, 6.45) is 0. The molecule has 2 heterocycles. The Bertz CT molecular complexity index is 3640. The highest BCUT2D eigenvalue weighted by atomic mass is 15.2. The number of rotatable bonds is 3. The Hall–Kier alpha value is -7.88. The fourth-order valence-corrected chi connectivity index (χ4v) is 10.6. The van der Waals surface area contributed by atoms with Crippen LogP contribution in [0.4, 0.5) is 34.1 Å². The summed E-state index contributed by atoms with van der Waals surface area (Å²) in [5.74, 6) is 0. The number of anilines is 6. The largest absolute Gasteiger partial charge is 0.310 e. The van der Waals surface area contributed by atoms with Gasteiger partial charge in [-0.3, -0.25) is 0 Å². The lowest BCUT2D eigenvalue weighted by atomic mass is 9.82. The maximum atomic E-state index is 2.47. The highest BCUT2D eigenvalue weighted by Crippen LogP contribution is 2.53. The first-order chi connectivity index (χ1) is 30.5. The van der Waals surface area contributed by atoms with Crippen molar-refractivity contribution < 1.29 is 0 Å². The number of benzene rings is 10. The lowest BCUT2D eigenvalue weighted by molar-refractivity contribution is 0.660. The smallest absolute Gasteiger partial charge is 0.0562 e. The summed E-state index contributed by atoms with van der Waals surface area (Å²) in [5.41, 5.74) is 17.7. The molecular weight excluding hydrogens is 751 g/mol. The standard InChI is InChI=1S/C59H41N3/c1-59(2)54-30-27-46-35-52(54)53-36-47(28-31-55(53)59)61(44-19-10-17-42(34-44)41-16-9-18-43(33-41)60(46)45-25-24-38-12-3-4-14-40(38)32-45)48-26-29-51-50-21-7-8-22-57(50)62(58(51)37-48)56-23-11-15-39-13-5-6-20-49(39)56/h3-37H,1-2H3. The molecule has 0 saturated carbocycles. The van der Waals surface area contributed by atoms with Crippen LogP contribution in [0.25, 0.3) is 71.3 Å². The van der Waals surface area contributed by atoms with Crippen molar-refractivity contribution in [2.24, 2.45) is 0 Å². The van der Waals surface area contributed by atoms with Crippen LogP contribution in [0.2, 0.25) is 0 Å². The van der Waals surface area contributed by atoms with E-state index < -0.39 is 0 Å². The first-order valence-electron chi connectivity index (χ1n) is 21.6. The maximum Gasteiger partial charge on any atom is 0.0562 e. The number of para-hydroxylation sites is 1. The second-order valence-corrected chi connectivity index (χ2v) is 17.4. The zero-order chi connectivity index (χ0) is 41.1. The van der Waals surface area contributed by atoms with Crippen LogP contribution in [0.1, 0.15) is 25.0 Å². The molecule has 0 atom stereocenters. The number of hydrogen-bond acceptors (Lipinski definition) is 2. The van der Waals surface area contributed by atoms with Crippen molar-refractivity contribution in [3.05, 3.63) is 223 Å². The van der Waals surface area contributed by atoms with E-state index in [1.54, 1.807) is 0 Å². The van der Waals surface area contributed by atoms with Crippen molar-refractivity contribution in [2.45, 2.75) is 19.3 Å². The molecule has 1 aliphatic carbocycles. The molecule has 0 unspecified atom stereocenters. The summed E-state index contributed by atoms with van der Waals surface area (Å²) < 4.78 is 2.47. The highest BCUT2D eigenvalue weighted by Gasteiger charge is 2.37. The summed E-state index contributed by atoms with van der Waals surface area (Å²) in [6.45, 7) is 4.74. The third kappa shape index (κ3) is 5.12. The molecule has 0 amide bonds. The Morgan fingerprint density at radius 3 is 1.53 bits per heavy atom. The molecule has 8 bridgehead atoms. The molecule has 0 N–H and O–H groups in total. The van der Waals surface area contributed by atoms with Crippen molar-refractivity contribution in [3.63, 3.8) is 0 Å². The summed E-state index contributed by atoms with van der Waals surface area (Å²) >= 11 is 0. The summed E-state index contributed by atoms with van der Waals surface area (Å²) in [5, 5.41) is 7.40. The van der Waals surface area contributed by atoms with E-state index in [0.717, 1.165) is 45.3 Å². The van der Waals surface area contributed by atoms with Gasteiger partial charge in [0.2, 0.25) is 0 Å². The number of fused-ring (bicyclic) bond motifs is 12. The van der Waals surface area contributed by atoms with Gasteiger partial charge < -0.3 is 14.4 Å². The van der Waals surface area contributed by atoms with Crippen molar-refractivity contribution >= 4 is 77.5 Å². The fourth-order valence-electron chi connectivity index (χ4n) is 10.6. The van der Waals surface area contributed by atoms with Crippen LogP contribution >= 0.6 is 0 Å². The molecule has 11 aromatic rings. The van der Waals surface area contributed by atoms with E-state index in [9.17, 15) is 0 Å². The summed E-state index contributed by atoms with van der Waals surface area (Å²) in [7, 11) is 0. The van der Waals surface area contributed by atoms with E-state index >= 15 is 0 Å². The average Bonchev–Trinajstić information content (AvgIpc) is 3.76. The Morgan fingerprint density at radius 2 is 0.823 bits per heavy atom. The first-order valence-corrected chi connectivity index (χ1v) is 21.6. The van der Waals surface area contributed by atoms with Gasteiger partial charge in [0.1, 0.15) is 0 Å². The number of aromatic nitrogens is 1. The van der Waals surface area contributed by atoms with Gasteiger partial charge in [-0.1, -0.05) is 141 Å². The number of nitrogens with zero attached hydrogens (tertiary/aromatic N) is 3. The molecule has 13 rings (SSSR count). The molecule has 62 heavy (non-hydrogen) atoms. The van der Waals surface area contributed by atoms with Crippen LogP contribution in [-0.4, -0.2) is 4.57 Å². The van der Waals surface area contributed by atoms with E-state index in [-0.39, 0.29) is 5.41 Å². The monoisotopic (exact) mass is 791 g/mol. The maximum absolute atomic E-state index is 2.47. The minimum absolute atomic E-state index is 0.160. The van der Waals surface area contributed by atoms with Crippen molar-refractivity contribution in [1.29, 1.82) is 0 Å². The average molecular weight is 792 g/mol. The van der Waals surface area contributed by atoms with Crippen molar-refractivity contribution in [1.82, 2.24) is 4.57 Å². The lowest BCUT2D eigenvalue weighted by Crippen LogP contribution is -2.16. The predicted molar refractivity (Wildman–Crippen MR) is 262 cm³/mol. The normalized spacial score (nSPS) is 13.7. The second-order valence-electron chi connectivity index (χ2n) is 17.4. The van der Waals surface area contributed by atoms with Gasteiger partial charge in [-0.15, -0.1) is 0 Å². The van der Waals surface area contributed by atoms with E-state index in [2.05, 4.69) is 241 Å². The Morgan fingerprint density at radius 1 is 0.323 bits per heavy atom. The van der Waals surface area contributed by atoms with Gasteiger partial charge >= 0.3 is 0 Å². The lowest BCUT2D eigenvalue weighted by Gasteiger charge is -2.28. The molecular formula is C59H41N3. The molecule has 0 spiro atoms. The second kappa shape index (κ2) is 13.1. The van der Waals surface area contributed by atoms with Crippen molar-refractivity contribution in [3.8, 4) is 27.9 Å². The Balaban J connectivity index is 1.07. The molecule has 1 aliphatic heterocycles. The molecule has 0 radical (unpaired) electrons. The molecule has 0 fully saturated rings. The van der Waals surface area contributed by atoms with Gasteiger partial charge in [0.25, 0.3) is 0 Å². The van der Waals surface area contributed by atoms with Crippen LogP contribution in [0, 0.1) is 0 Å². The van der Waals surface area contributed by atoms with Crippen LogP contribution in [0.15, 0.2) is 212 Å². The van der Waals surface area contributed by atoms with Gasteiger partial charge in [-0.25, -0.2) is 0 Å². The molecule has 0 saturated heterocycles. The van der Waals surface area contributed by atoms with Gasteiger partial charge in [-0.05, 0) is 134 Å².